The van der Waals surface area contributed by atoms with Gasteiger partial charge in [0.15, 0.2) is 5.76 Å². The molecular formula is C17H18N4O5S. The highest BCUT2D eigenvalue weighted by Crippen LogP contribution is 2.36. The van der Waals surface area contributed by atoms with Gasteiger partial charge in [0, 0.05) is 0 Å². The van der Waals surface area contributed by atoms with E-state index in [9.17, 15) is 14.4 Å². The zero-order valence-corrected chi connectivity index (χ0v) is 15.3. The minimum absolute atomic E-state index is 0.00208. The molecule has 2 fully saturated rings. The van der Waals surface area contributed by atoms with E-state index < -0.39 is 11.4 Å². The van der Waals surface area contributed by atoms with E-state index in [1.54, 1.807) is 12.1 Å². The van der Waals surface area contributed by atoms with Crippen LogP contribution in [0.5, 0.6) is 0 Å². The van der Waals surface area contributed by atoms with Crippen LogP contribution in [-0.2, 0) is 14.4 Å². The number of piperazine rings is 1. The van der Waals surface area contributed by atoms with Crippen molar-refractivity contribution < 1.29 is 23.2 Å². The van der Waals surface area contributed by atoms with Gasteiger partial charge in [-0.05, 0) is 25.0 Å². The topological polar surface area (TPSA) is 119 Å². The standard InChI is InChI=1S/C17H18N4O5S/c22-12-9-21(17(15(24)18-12)6-2-1-3-7-17)13(23)10-27-16-20-19-14(26-16)11-5-4-8-25-11/h4-5,8H,1-3,6-7,9-10H2,(H,18,22,24). The van der Waals surface area contributed by atoms with Gasteiger partial charge >= 0.3 is 0 Å². The van der Waals surface area contributed by atoms with E-state index in [1.807, 2.05) is 0 Å². The number of carbonyl (C=O) groups is 3. The van der Waals surface area contributed by atoms with E-state index in [4.69, 9.17) is 8.83 Å². The zero-order chi connectivity index (χ0) is 18.9. The van der Waals surface area contributed by atoms with E-state index in [1.165, 1.54) is 11.2 Å². The second-order valence-electron chi connectivity index (χ2n) is 6.59. The SMILES string of the molecule is O=C1CN(C(=O)CSc2nnc(-c3ccco3)o2)C2(CCCCC2)C(=O)N1. The summed E-state index contributed by atoms with van der Waals surface area (Å²) >= 11 is 1.07. The van der Waals surface area contributed by atoms with Crippen LogP contribution in [0.25, 0.3) is 11.7 Å². The van der Waals surface area contributed by atoms with Gasteiger partial charge in [-0.15, -0.1) is 10.2 Å². The number of imide groups is 1. The first-order chi connectivity index (χ1) is 13.1. The van der Waals surface area contributed by atoms with Gasteiger partial charge in [-0.2, -0.15) is 0 Å². The fourth-order valence-electron chi connectivity index (χ4n) is 3.63. The lowest BCUT2D eigenvalue weighted by molar-refractivity contribution is -0.158. The summed E-state index contributed by atoms with van der Waals surface area (Å²) in [6.07, 6.45) is 5.38. The molecule has 0 atom stereocenters. The number of carbonyl (C=O) groups excluding carboxylic acids is 3. The summed E-state index contributed by atoms with van der Waals surface area (Å²) < 4.78 is 10.7. The van der Waals surface area contributed by atoms with Crippen LogP contribution in [0, 0.1) is 0 Å². The molecule has 1 saturated carbocycles. The number of rotatable bonds is 4. The van der Waals surface area contributed by atoms with Crippen LogP contribution in [0.2, 0.25) is 0 Å². The van der Waals surface area contributed by atoms with Gasteiger partial charge in [-0.1, -0.05) is 31.0 Å². The number of thioether (sulfide) groups is 1. The minimum Gasteiger partial charge on any atom is -0.459 e. The number of nitrogens with zero attached hydrogens (tertiary/aromatic N) is 3. The fourth-order valence-corrected chi connectivity index (χ4v) is 4.27. The van der Waals surface area contributed by atoms with Crippen LogP contribution >= 0.6 is 11.8 Å². The molecule has 0 bridgehead atoms. The second-order valence-corrected chi connectivity index (χ2v) is 7.52. The molecule has 2 aliphatic rings. The quantitative estimate of drug-likeness (QED) is 0.618. The summed E-state index contributed by atoms with van der Waals surface area (Å²) in [5, 5.41) is 10.4. The van der Waals surface area contributed by atoms with E-state index in [-0.39, 0.29) is 35.2 Å². The van der Waals surface area contributed by atoms with Crippen molar-refractivity contribution in [2.45, 2.75) is 42.9 Å². The highest BCUT2D eigenvalue weighted by molar-refractivity contribution is 7.99. The average Bonchev–Trinajstić information content (AvgIpc) is 3.35. The van der Waals surface area contributed by atoms with E-state index in [0.717, 1.165) is 31.0 Å². The summed E-state index contributed by atoms with van der Waals surface area (Å²) in [5.41, 5.74) is -0.919. The Kier molecular flexibility index (Phi) is 4.73. The predicted octanol–water partition coefficient (Wildman–Crippen LogP) is 1.61. The Balaban J connectivity index is 1.46. The maximum atomic E-state index is 12.8. The van der Waals surface area contributed by atoms with Gasteiger partial charge in [0.25, 0.3) is 17.0 Å². The van der Waals surface area contributed by atoms with Crippen molar-refractivity contribution >= 4 is 29.5 Å². The molecule has 9 nitrogen and oxygen atoms in total. The molecule has 1 aliphatic heterocycles. The Labute approximate surface area is 158 Å². The fraction of sp³-hybridized carbons (Fsp3) is 0.471. The molecule has 1 saturated heterocycles. The molecule has 2 aromatic rings. The Hall–Kier alpha value is -2.62. The van der Waals surface area contributed by atoms with Crippen LogP contribution < -0.4 is 5.32 Å². The van der Waals surface area contributed by atoms with Crippen molar-refractivity contribution in [3.05, 3.63) is 18.4 Å². The lowest BCUT2D eigenvalue weighted by Crippen LogP contribution is -2.69. The molecule has 4 rings (SSSR count). The second kappa shape index (κ2) is 7.18. The molecule has 2 aromatic heterocycles. The number of nitrogens with one attached hydrogen (secondary N) is 1. The van der Waals surface area contributed by atoms with Gasteiger partial charge in [-0.3, -0.25) is 19.7 Å². The third kappa shape index (κ3) is 3.36. The lowest BCUT2D eigenvalue weighted by atomic mass is 9.78. The van der Waals surface area contributed by atoms with Crippen molar-refractivity contribution in [2.24, 2.45) is 0 Å². The maximum Gasteiger partial charge on any atom is 0.284 e. The highest BCUT2D eigenvalue weighted by Gasteiger charge is 2.50. The molecule has 0 radical (unpaired) electrons. The Morgan fingerprint density at radius 3 is 2.81 bits per heavy atom. The predicted molar refractivity (Wildman–Crippen MR) is 93.4 cm³/mol. The summed E-state index contributed by atoms with van der Waals surface area (Å²) in [7, 11) is 0. The van der Waals surface area contributed by atoms with Crippen LogP contribution in [0.1, 0.15) is 32.1 Å². The van der Waals surface area contributed by atoms with Crippen molar-refractivity contribution in [3.63, 3.8) is 0 Å². The van der Waals surface area contributed by atoms with Gasteiger partial charge in [0.2, 0.25) is 11.8 Å². The first kappa shape index (κ1) is 17.8. The maximum absolute atomic E-state index is 12.8. The molecule has 27 heavy (non-hydrogen) atoms. The Morgan fingerprint density at radius 2 is 2.07 bits per heavy atom. The minimum atomic E-state index is -0.919. The van der Waals surface area contributed by atoms with Crippen molar-refractivity contribution in [1.82, 2.24) is 20.4 Å². The van der Waals surface area contributed by atoms with Crippen LogP contribution in [-0.4, -0.2) is 50.7 Å². The largest absolute Gasteiger partial charge is 0.459 e. The summed E-state index contributed by atoms with van der Waals surface area (Å²) in [6, 6.07) is 3.40. The van der Waals surface area contributed by atoms with Crippen molar-refractivity contribution in [3.8, 4) is 11.7 Å². The monoisotopic (exact) mass is 390 g/mol. The van der Waals surface area contributed by atoms with E-state index in [2.05, 4.69) is 15.5 Å². The van der Waals surface area contributed by atoms with Crippen LogP contribution in [0.3, 0.4) is 0 Å². The third-order valence-electron chi connectivity index (χ3n) is 4.93. The number of hydrogen-bond donors (Lipinski definition) is 1. The van der Waals surface area contributed by atoms with Gasteiger partial charge in [0.1, 0.15) is 12.1 Å². The van der Waals surface area contributed by atoms with Crippen LogP contribution in [0.15, 0.2) is 32.5 Å². The number of hydrogen-bond acceptors (Lipinski definition) is 8. The van der Waals surface area contributed by atoms with Gasteiger partial charge < -0.3 is 13.7 Å². The molecule has 10 heteroatoms. The van der Waals surface area contributed by atoms with Crippen molar-refractivity contribution in [1.29, 1.82) is 0 Å². The lowest BCUT2D eigenvalue weighted by Gasteiger charge is -2.47. The average molecular weight is 390 g/mol. The first-order valence-corrected chi connectivity index (χ1v) is 9.72. The van der Waals surface area contributed by atoms with E-state index in [0.29, 0.717) is 18.6 Å². The smallest absolute Gasteiger partial charge is 0.284 e. The molecule has 1 spiro atoms. The number of aromatic nitrogens is 2. The molecule has 3 heterocycles. The number of amides is 3. The van der Waals surface area contributed by atoms with Crippen LogP contribution in [0.4, 0.5) is 0 Å². The Bertz CT molecular complexity index is 857. The molecular weight excluding hydrogens is 372 g/mol. The molecule has 3 amide bonds. The molecule has 1 aliphatic carbocycles. The molecule has 142 valence electrons. The van der Waals surface area contributed by atoms with Gasteiger partial charge in [0.05, 0.1) is 12.0 Å². The molecule has 1 N–H and O–H groups in total. The third-order valence-corrected chi connectivity index (χ3v) is 5.74. The van der Waals surface area contributed by atoms with Gasteiger partial charge in [-0.25, -0.2) is 0 Å². The summed E-state index contributed by atoms with van der Waals surface area (Å²) in [4.78, 5) is 38.6. The molecule has 0 aromatic carbocycles. The summed E-state index contributed by atoms with van der Waals surface area (Å²) in [5.74, 6) is -0.432. The van der Waals surface area contributed by atoms with Crippen molar-refractivity contribution in [2.75, 3.05) is 12.3 Å². The normalized spacial score (nSPS) is 19.3. The van der Waals surface area contributed by atoms with E-state index >= 15 is 0 Å². The Morgan fingerprint density at radius 1 is 1.26 bits per heavy atom. The zero-order valence-electron chi connectivity index (χ0n) is 14.5. The first-order valence-electron chi connectivity index (χ1n) is 8.73. The number of furan rings is 1. The highest BCUT2D eigenvalue weighted by atomic mass is 32.2. The molecule has 0 unspecified atom stereocenters. The summed E-state index contributed by atoms with van der Waals surface area (Å²) in [6.45, 7) is -0.105.